The van der Waals surface area contributed by atoms with Crippen molar-refractivity contribution in [3.8, 4) is 0 Å². The Labute approximate surface area is 192 Å². The summed E-state index contributed by atoms with van der Waals surface area (Å²) in [6.45, 7) is 9.65. The lowest BCUT2D eigenvalue weighted by Gasteiger charge is -2.35. The lowest BCUT2D eigenvalue weighted by atomic mass is 9.91. The minimum Gasteiger partial charge on any atom is -0.481 e. The van der Waals surface area contributed by atoms with E-state index in [0.717, 1.165) is 70.7 Å². The van der Waals surface area contributed by atoms with Crippen LogP contribution in [0.15, 0.2) is 0 Å². The summed E-state index contributed by atoms with van der Waals surface area (Å²) in [6.07, 6.45) is 9.96. The van der Waals surface area contributed by atoms with E-state index in [1.807, 2.05) is 4.90 Å². The maximum atomic E-state index is 12.3. The highest BCUT2D eigenvalue weighted by Crippen LogP contribution is 2.32. The maximum absolute atomic E-state index is 12.3. The predicted molar refractivity (Wildman–Crippen MR) is 123 cm³/mol. The number of ether oxygens (including phenoxy) is 1. The highest BCUT2D eigenvalue weighted by molar-refractivity contribution is 5.69. The van der Waals surface area contributed by atoms with Gasteiger partial charge in [0.05, 0.1) is 6.54 Å². The fourth-order valence-corrected chi connectivity index (χ4v) is 5.57. The fourth-order valence-electron chi connectivity index (χ4n) is 5.57. The van der Waals surface area contributed by atoms with Crippen LogP contribution in [-0.4, -0.2) is 114 Å². The van der Waals surface area contributed by atoms with Gasteiger partial charge in [0.25, 0.3) is 0 Å². The lowest BCUT2D eigenvalue weighted by Crippen LogP contribution is -2.49. The summed E-state index contributed by atoms with van der Waals surface area (Å²) >= 11 is 0. The minimum absolute atomic E-state index is 0.0205. The number of aliphatic carboxylic acids is 1. The summed E-state index contributed by atoms with van der Waals surface area (Å²) in [5.74, 6) is 0.163. The van der Waals surface area contributed by atoms with Gasteiger partial charge >= 0.3 is 12.1 Å². The van der Waals surface area contributed by atoms with Gasteiger partial charge in [-0.3, -0.25) is 9.69 Å². The van der Waals surface area contributed by atoms with Gasteiger partial charge in [-0.2, -0.15) is 0 Å². The third-order valence-electron chi connectivity index (χ3n) is 7.74. The number of rotatable bonds is 12. The molecule has 1 amide bonds. The molecule has 8 heteroatoms. The summed E-state index contributed by atoms with van der Waals surface area (Å²) in [5, 5.41) is 8.77. The van der Waals surface area contributed by atoms with E-state index in [-0.39, 0.29) is 18.6 Å². The van der Waals surface area contributed by atoms with E-state index in [1.54, 1.807) is 0 Å². The van der Waals surface area contributed by atoms with Gasteiger partial charge in [0.15, 0.2) is 0 Å². The highest BCUT2D eigenvalue weighted by Gasteiger charge is 2.33. The predicted octanol–water partition coefficient (Wildman–Crippen LogP) is 2.33. The Kier molecular flexibility index (Phi) is 8.66. The Balaban J connectivity index is 1.04. The van der Waals surface area contributed by atoms with Crippen molar-refractivity contribution in [1.29, 1.82) is 0 Å². The van der Waals surface area contributed by atoms with Crippen molar-refractivity contribution in [2.45, 2.75) is 69.9 Å². The van der Waals surface area contributed by atoms with E-state index in [2.05, 4.69) is 14.7 Å². The van der Waals surface area contributed by atoms with Crippen molar-refractivity contribution in [3.63, 3.8) is 0 Å². The number of hydrogen-bond donors (Lipinski definition) is 1. The molecule has 3 saturated heterocycles. The molecule has 0 aromatic carbocycles. The number of nitrogens with zero attached hydrogens (tertiary/aromatic N) is 4. The third kappa shape index (κ3) is 7.32. The molecular formula is C24H42N4O4. The normalized spacial score (nSPS) is 26.6. The molecule has 4 fully saturated rings. The summed E-state index contributed by atoms with van der Waals surface area (Å²) < 4.78 is 5.64. The van der Waals surface area contributed by atoms with Crippen LogP contribution in [0.1, 0.15) is 57.8 Å². The smallest absolute Gasteiger partial charge is 0.410 e. The number of carboxylic acids is 1. The van der Waals surface area contributed by atoms with E-state index in [4.69, 9.17) is 9.84 Å². The topological polar surface area (TPSA) is 76.6 Å². The van der Waals surface area contributed by atoms with Crippen LogP contribution in [0.4, 0.5) is 4.79 Å². The minimum atomic E-state index is -0.717. The molecular weight excluding hydrogens is 408 g/mol. The van der Waals surface area contributed by atoms with Gasteiger partial charge in [0.1, 0.15) is 6.10 Å². The molecule has 0 aromatic heterocycles. The average Bonchev–Trinajstić information content (AvgIpc) is 3.57. The van der Waals surface area contributed by atoms with Crippen molar-refractivity contribution in [1.82, 2.24) is 19.6 Å². The highest BCUT2D eigenvalue weighted by atomic mass is 16.6. The van der Waals surface area contributed by atoms with Gasteiger partial charge in [-0.25, -0.2) is 4.79 Å². The number of piperidine rings is 1. The lowest BCUT2D eigenvalue weighted by molar-refractivity contribution is -0.137. The first-order chi connectivity index (χ1) is 15.6. The van der Waals surface area contributed by atoms with Crippen molar-refractivity contribution in [3.05, 3.63) is 0 Å². The molecule has 32 heavy (non-hydrogen) atoms. The largest absolute Gasteiger partial charge is 0.481 e. The monoisotopic (exact) mass is 450 g/mol. The molecule has 1 unspecified atom stereocenters. The van der Waals surface area contributed by atoms with E-state index in [0.29, 0.717) is 6.42 Å². The van der Waals surface area contributed by atoms with Crippen LogP contribution in [0.3, 0.4) is 0 Å². The Morgan fingerprint density at radius 2 is 1.62 bits per heavy atom. The Hall–Kier alpha value is -1.38. The van der Waals surface area contributed by atoms with Crippen molar-refractivity contribution in [2.75, 3.05) is 65.4 Å². The summed E-state index contributed by atoms with van der Waals surface area (Å²) in [6, 6.07) is 0.915. The van der Waals surface area contributed by atoms with E-state index >= 15 is 0 Å². The van der Waals surface area contributed by atoms with Crippen LogP contribution in [0.5, 0.6) is 0 Å². The SMILES string of the molecule is O=C(O)CCCN1CCN(CC2CN(CCCCC3CCN(C4CC4)CC3)C(=O)O2)CC1. The zero-order chi connectivity index (χ0) is 22.3. The molecule has 3 heterocycles. The molecule has 182 valence electrons. The third-order valence-corrected chi connectivity index (χ3v) is 7.74. The van der Waals surface area contributed by atoms with Gasteiger partial charge < -0.3 is 24.5 Å². The second kappa shape index (κ2) is 11.7. The molecule has 4 rings (SSSR count). The molecule has 1 aliphatic carbocycles. The zero-order valence-corrected chi connectivity index (χ0v) is 19.6. The standard InChI is InChI=1S/C24H42N4O4/c29-23(30)5-3-10-25-14-16-26(17-15-25)18-22-19-28(24(31)32-22)11-2-1-4-20-8-12-27(13-9-20)21-6-7-21/h20-22H,1-19H2,(H,29,30). The van der Waals surface area contributed by atoms with E-state index < -0.39 is 5.97 Å². The molecule has 4 aliphatic rings. The summed E-state index contributed by atoms with van der Waals surface area (Å²) in [4.78, 5) is 32.2. The average molecular weight is 451 g/mol. The van der Waals surface area contributed by atoms with E-state index in [9.17, 15) is 9.59 Å². The van der Waals surface area contributed by atoms with Crippen LogP contribution in [0.2, 0.25) is 0 Å². The molecule has 8 nitrogen and oxygen atoms in total. The second-order valence-electron chi connectivity index (χ2n) is 10.3. The van der Waals surface area contributed by atoms with Gasteiger partial charge in [-0.05, 0) is 64.1 Å². The Morgan fingerprint density at radius 1 is 0.906 bits per heavy atom. The van der Waals surface area contributed by atoms with Crippen LogP contribution in [-0.2, 0) is 9.53 Å². The first-order valence-corrected chi connectivity index (χ1v) is 12.9. The van der Waals surface area contributed by atoms with Crippen molar-refractivity contribution in [2.24, 2.45) is 5.92 Å². The number of piperazine rings is 1. The molecule has 0 spiro atoms. The van der Waals surface area contributed by atoms with Crippen molar-refractivity contribution < 1.29 is 19.4 Å². The van der Waals surface area contributed by atoms with Crippen LogP contribution < -0.4 is 0 Å². The molecule has 1 saturated carbocycles. The number of hydrogen-bond acceptors (Lipinski definition) is 6. The summed E-state index contributed by atoms with van der Waals surface area (Å²) in [5.41, 5.74) is 0. The van der Waals surface area contributed by atoms with Crippen LogP contribution in [0, 0.1) is 5.92 Å². The molecule has 1 atom stereocenters. The second-order valence-corrected chi connectivity index (χ2v) is 10.3. The van der Waals surface area contributed by atoms with Gasteiger partial charge in [0.2, 0.25) is 0 Å². The first kappa shape index (κ1) is 23.8. The first-order valence-electron chi connectivity index (χ1n) is 12.9. The zero-order valence-electron chi connectivity index (χ0n) is 19.6. The molecule has 3 aliphatic heterocycles. The molecule has 1 N–H and O–H groups in total. The van der Waals surface area contributed by atoms with Crippen molar-refractivity contribution >= 4 is 12.1 Å². The Bertz CT molecular complexity index is 613. The molecule has 0 aromatic rings. The van der Waals surface area contributed by atoms with Gasteiger partial charge in [-0.15, -0.1) is 0 Å². The van der Waals surface area contributed by atoms with Gasteiger partial charge in [-0.1, -0.05) is 12.8 Å². The number of cyclic esters (lactones) is 1. The number of carboxylic acid groups (broad SMARTS) is 1. The number of carbonyl (C=O) groups excluding carboxylic acids is 1. The number of carbonyl (C=O) groups is 2. The fraction of sp³-hybridized carbons (Fsp3) is 0.917. The van der Waals surface area contributed by atoms with Crippen LogP contribution >= 0.6 is 0 Å². The van der Waals surface area contributed by atoms with Crippen LogP contribution in [0.25, 0.3) is 0 Å². The maximum Gasteiger partial charge on any atom is 0.410 e. The number of likely N-dealkylation sites (tertiary alicyclic amines) is 1. The summed E-state index contributed by atoms with van der Waals surface area (Å²) in [7, 11) is 0. The van der Waals surface area contributed by atoms with Gasteiger partial charge in [0, 0.05) is 51.7 Å². The quantitative estimate of drug-likeness (QED) is 0.457. The molecule has 0 bridgehead atoms. The molecule has 0 radical (unpaired) electrons. The Morgan fingerprint density at radius 3 is 2.31 bits per heavy atom. The van der Waals surface area contributed by atoms with E-state index in [1.165, 1.54) is 51.6 Å². The number of unbranched alkanes of at least 4 members (excludes halogenated alkanes) is 1. The number of amides is 1.